The molecule has 8 heteroatoms. The molecule has 0 saturated heterocycles. The maximum atomic E-state index is 12.6. The van der Waals surface area contributed by atoms with E-state index in [9.17, 15) is 13.2 Å². The zero-order chi connectivity index (χ0) is 21.4. The monoisotopic (exact) mass is 438 g/mol. The van der Waals surface area contributed by atoms with Crippen LogP contribution in [0, 0.1) is 13.8 Å². The average Bonchev–Trinajstić information content (AvgIpc) is 2.68. The Bertz CT molecular complexity index is 930. The number of methoxy groups -OCH3 is 1. The van der Waals surface area contributed by atoms with Gasteiger partial charge in [0.05, 0.1) is 23.8 Å². The predicted octanol–water partition coefficient (Wildman–Crippen LogP) is 3.32. The highest BCUT2D eigenvalue weighted by Crippen LogP contribution is 2.18. The van der Waals surface area contributed by atoms with Gasteiger partial charge in [0, 0.05) is 30.9 Å². The number of hydrogen-bond donors (Lipinski definition) is 1. The van der Waals surface area contributed by atoms with Gasteiger partial charge in [-0.15, -0.1) is 0 Å². The van der Waals surface area contributed by atoms with E-state index in [0.717, 1.165) is 16.8 Å². The number of nitrogens with one attached hydrogen (secondary N) is 1. The summed E-state index contributed by atoms with van der Waals surface area (Å²) in [5, 5.41) is 3.39. The van der Waals surface area contributed by atoms with Crippen LogP contribution < -0.4 is 5.32 Å². The van der Waals surface area contributed by atoms with Gasteiger partial charge in [-0.25, -0.2) is 8.42 Å². The van der Waals surface area contributed by atoms with Crippen molar-refractivity contribution in [1.29, 1.82) is 0 Å². The number of amides is 1. The molecule has 0 fully saturated rings. The Hall–Kier alpha value is -1.93. The second-order valence-corrected chi connectivity index (χ2v) is 9.38. The van der Waals surface area contributed by atoms with Gasteiger partial charge in [0.2, 0.25) is 5.91 Å². The lowest BCUT2D eigenvalue weighted by Gasteiger charge is -2.22. The molecule has 0 spiro atoms. The fraction of sp³-hybridized carbons (Fsp3) is 0.381. The minimum atomic E-state index is -3.48. The van der Waals surface area contributed by atoms with Gasteiger partial charge in [0.15, 0.2) is 9.84 Å². The summed E-state index contributed by atoms with van der Waals surface area (Å²) in [6.45, 7) is 5.08. The van der Waals surface area contributed by atoms with Crippen LogP contribution >= 0.6 is 11.6 Å². The minimum absolute atomic E-state index is 0.0763. The van der Waals surface area contributed by atoms with Crippen molar-refractivity contribution in [1.82, 2.24) is 4.90 Å². The van der Waals surface area contributed by atoms with Gasteiger partial charge in [-0.05, 0) is 55.3 Å². The van der Waals surface area contributed by atoms with Crippen molar-refractivity contribution >= 4 is 33.0 Å². The van der Waals surface area contributed by atoms with Crippen molar-refractivity contribution in [2.45, 2.75) is 18.7 Å². The first-order chi connectivity index (χ1) is 13.7. The van der Waals surface area contributed by atoms with Gasteiger partial charge in [0.1, 0.15) is 0 Å². The fourth-order valence-corrected chi connectivity index (χ4v) is 4.19. The Labute approximate surface area is 177 Å². The molecule has 0 aliphatic rings. The van der Waals surface area contributed by atoms with Crippen molar-refractivity contribution in [3.8, 4) is 0 Å². The van der Waals surface area contributed by atoms with Gasteiger partial charge in [0.25, 0.3) is 0 Å². The number of aryl methyl sites for hydroxylation is 1. The summed E-state index contributed by atoms with van der Waals surface area (Å²) in [5.74, 6) is -0.298. The molecule has 0 aromatic heterocycles. The van der Waals surface area contributed by atoms with Crippen molar-refractivity contribution in [2.24, 2.45) is 0 Å². The second-order valence-electron chi connectivity index (χ2n) is 6.84. The molecule has 0 heterocycles. The van der Waals surface area contributed by atoms with Crippen LogP contribution in [0.5, 0.6) is 0 Å². The number of ether oxygens (including phenoxy) is 1. The van der Waals surface area contributed by atoms with Crippen molar-refractivity contribution < 1.29 is 17.9 Å². The lowest BCUT2D eigenvalue weighted by Crippen LogP contribution is -2.38. The van der Waals surface area contributed by atoms with E-state index in [1.165, 1.54) is 12.1 Å². The normalized spacial score (nSPS) is 11.6. The molecule has 2 aromatic rings. The highest BCUT2D eigenvalue weighted by Gasteiger charge is 2.18. The molecule has 6 nitrogen and oxygen atoms in total. The Kier molecular flexibility index (Phi) is 8.64. The molecular weight excluding hydrogens is 412 g/mol. The molecule has 29 heavy (non-hydrogen) atoms. The molecule has 1 amide bonds. The minimum Gasteiger partial charge on any atom is -0.383 e. The number of benzene rings is 2. The smallest absolute Gasteiger partial charge is 0.238 e. The summed E-state index contributed by atoms with van der Waals surface area (Å²) in [5.41, 5.74) is 2.86. The van der Waals surface area contributed by atoms with Gasteiger partial charge in [-0.2, -0.15) is 0 Å². The van der Waals surface area contributed by atoms with Crippen molar-refractivity contribution in [3.05, 3.63) is 58.6 Å². The van der Waals surface area contributed by atoms with Crippen LogP contribution in [0.4, 0.5) is 5.69 Å². The van der Waals surface area contributed by atoms with E-state index in [4.69, 9.17) is 16.3 Å². The van der Waals surface area contributed by atoms with E-state index in [1.54, 1.807) is 24.1 Å². The largest absolute Gasteiger partial charge is 0.383 e. The Morgan fingerprint density at radius 1 is 1.10 bits per heavy atom. The zero-order valence-electron chi connectivity index (χ0n) is 16.9. The van der Waals surface area contributed by atoms with Gasteiger partial charge in [-0.1, -0.05) is 23.7 Å². The predicted molar refractivity (Wildman–Crippen MR) is 116 cm³/mol. The Morgan fingerprint density at radius 3 is 2.45 bits per heavy atom. The van der Waals surface area contributed by atoms with Gasteiger partial charge in [-0.3, -0.25) is 9.69 Å². The molecule has 0 aliphatic heterocycles. The third kappa shape index (κ3) is 7.12. The van der Waals surface area contributed by atoms with Crippen molar-refractivity contribution in [2.75, 3.05) is 44.4 Å². The number of sulfone groups is 1. The molecule has 158 valence electrons. The molecule has 0 atom stereocenters. The molecule has 0 saturated carbocycles. The first-order valence-electron chi connectivity index (χ1n) is 9.28. The van der Waals surface area contributed by atoms with E-state index in [0.29, 0.717) is 18.2 Å². The maximum absolute atomic E-state index is 12.6. The molecular formula is C21H27ClN2O4S. The number of rotatable bonds is 10. The third-order valence-electron chi connectivity index (χ3n) is 4.71. The van der Waals surface area contributed by atoms with Crippen LogP contribution in [0.1, 0.15) is 11.1 Å². The van der Waals surface area contributed by atoms with Crippen LogP contribution in [0.2, 0.25) is 5.02 Å². The number of hydrogen-bond acceptors (Lipinski definition) is 5. The number of carbonyl (C=O) groups is 1. The highest BCUT2D eigenvalue weighted by atomic mass is 35.5. The SMILES string of the molecule is COCCN(CCS(=O)(=O)c1ccc(Cl)cc1)CC(=O)Nc1cccc(C)c1C. The first-order valence-corrected chi connectivity index (χ1v) is 11.3. The number of anilines is 1. The van der Waals surface area contributed by atoms with Gasteiger partial charge >= 0.3 is 0 Å². The van der Waals surface area contributed by atoms with E-state index in [-0.39, 0.29) is 29.6 Å². The topological polar surface area (TPSA) is 75.7 Å². The van der Waals surface area contributed by atoms with Crippen LogP contribution in [-0.2, 0) is 19.4 Å². The van der Waals surface area contributed by atoms with E-state index < -0.39 is 9.84 Å². The van der Waals surface area contributed by atoms with Crippen LogP contribution in [0.15, 0.2) is 47.4 Å². The third-order valence-corrected chi connectivity index (χ3v) is 6.67. The first kappa shape index (κ1) is 23.3. The molecule has 0 radical (unpaired) electrons. The molecule has 2 rings (SSSR count). The quantitative estimate of drug-likeness (QED) is 0.615. The Balaban J connectivity index is 2.01. The number of nitrogens with zero attached hydrogens (tertiary/aromatic N) is 1. The molecule has 0 unspecified atom stereocenters. The Morgan fingerprint density at radius 2 is 1.79 bits per heavy atom. The van der Waals surface area contributed by atoms with Crippen LogP contribution in [0.3, 0.4) is 0 Å². The fourth-order valence-electron chi connectivity index (χ4n) is 2.78. The lowest BCUT2D eigenvalue weighted by molar-refractivity contribution is -0.117. The van der Waals surface area contributed by atoms with E-state index >= 15 is 0 Å². The molecule has 0 aliphatic carbocycles. The summed E-state index contributed by atoms with van der Waals surface area (Å²) >= 11 is 5.83. The standard InChI is InChI=1S/C21H27ClN2O4S/c1-16-5-4-6-20(17(16)2)23-21(25)15-24(11-13-28-3)12-14-29(26,27)19-9-7-18(22)8-10-19/h4-10H,11-15H2,1-3H3,(H,23,25). The summed E-state index contributed by atoms with van der Waals surface area (Å²) in [4.78, 5) is 14.5. The average molecular weight is 439 g/mol. The van der Waals surface area contributed by atoms with E-state index in [2.05, 4.69) is 5.32 Å². The number of carbonyl (C=O) groups excluding carboxylic acids is 1. The summed E-state index contributed by atoms with van der Waals surface area (Å²) in [7, 11) is -1.91. The summed E-state index contributed by atoms with van der Waals surface area (Å²) < 4.78 is 30.3. The second kappa shape index (κ2) is 10.7. The van der Waals surface area contributed by atoms with E-state index in [1.807, 2.05) is 32.0 Å². The summed E-state index contributed by atoms with van der Waals surface area (Å²) in [6.07, 6.45) is 0. The molecule has 2 aromatic carbocycles. The molecule has 1 N–H and O–H groups in total. The number of halogens is 1. The van der Waals surface area contributed by atoms with Crippen LogP contribution in [-0.4, -0.2) is 58.3 Å². The lowest BCUT2D eigenvalue weighted by atomic mass is 10.1. The van der Waals surface area contributed by atoms with Crippen molar-refractivity contribution in [3.63, 3.8) is 0 Å². The van der Waals surface area contributed by atoms with Gasteiger partial charge < -0.3 is 10.1 Å². The molecule has 0 bridgehead atoms. The zero-order valence-corrected chi connectivity index (χ0v) is 18.5. The van der Waals surface area contributed by atoms with Crippen LogP contribution in [0.25, 0.3) is 0 Å². The highest BCUT2D eigenvalue weighted by molar-refractivity contribution is 7.91. The maximum Gasteiger partial charge on any atom is 0.238 e. The summed E-state index contributed by atoms with van der Waals surface area (Å²) in [6, 6.07) is 11.8.